The van der Waals surface area contributed by atoms with Gasteiger partial charge in [0.15, 0.2) is 5.96 Å². The van der Waals surface area contributed by atoms with E-state index < -0.39 is 0 Å². The molecule has 8 heteroatoms. The van der Waals surface area contributed by atoms with Crippen LogP contribution in [0.1, 0.15) is 25.8 Å². The van der Waals surface area contributed by atoms with Crippen LogP contribution in [0.25, 0.3) is 0 Å². The minimum atomic E-state index is 0. The predicted octanol–water partition coefficient (Wildman–Crippen LogP) is 2.72. The maximum atomic E-state index is 11.9. The maximum absolute atomic E-state index is 11.9. The summed E-state index contributed by atoms with van der Waals surface area (Å²) in [6, 6.07) is 8.65. The first-order chi connectivity index (χ1) is 13.0. The Labute approximate surface area is 194 Å². The number of piperazine rings is 1. The predicted molar refractivity (Wildman–Crippen MR) is 131 cm³/mol. The Morgan fingerprint density at radius 2 is 1.96 bits per heavy atom. The number of carbonyl (C=O) groups excluding carboxylic acids is 1. The van der Waals surface area contributed by atoms with Crippen LogP contribution in [0.15, 0.2) is 33.7 Å². The van der Waals surface area contributed by atoms with E-state index in [4.69, 9.17) is 0 Å². The molecule has 1 aromatic rings. The lowest BCUT2D eigenvalue weighted by Gasteiger charge is -2.36. The largest absolute Gasteiger partial charge is 0.356 e. The Kier molecular flexibility index (Phi) is 12.0. The molecule has 1 fully saturated rings. The highest BCUT2D eigenvalue weighted by molar-refractivity contribution is 14.0. The van der Waals surface area contributed by atoms with E-state index >= 15 is 0 Å². The SMILES string of the molecule is CN=C(NCCCc1cccc(Br)c1)N1CCN(CC(=O)NC(C)C)CC1.I. The van der Waals surface area contributed by atoms with E-state index in [1.165, 1.54) is 5.56 Å². The third-order valence-corrected chi connectivity index (χ3v) is 5.01. The number of carbonyl (C=O) groups is 1. The van der Waals surface area contributed by atoms with Crippen molar-refractivity contribution in [1.29, 1.82) is 0 Å². The van der Waals surface area contributed by atoms with Gasteiger partial charge in [-0.2, -0.15) is 0 Å². The Balaban J connectivity index is 0.00000392. The van der Waals surface area contributed by atoms with Crippen LogP contribution < -0.4 is 10.6 Å². The van der Waals surface area contributed by atoms with Crippen LogP contribution in [0.3, 0.4) is 0 Å². The molecule has 1 aliphatic heterocycles. The second kappa shape index (κ2) is 13.4. The van der Waals surface area contributed by atoms with Crippen molar-refractivity contribution in [2.24, 2.45) is 4.99 Å². The summed E-state index contributed by atoms with van der Waals surface area (Å²) in [5.74, 6) is 1.06. The van der Waals surface area contributed by atoms with Gasteiger partial charge in [-0.1, -0.05) is 28.1 Å². The molecule has 0 atom stereocenters. The minimum absolute atomic E-state index is 0. The highest BCUT2D eigenvalue weighted by atomic mass is 127. The fraction of sp³-hybridized carbons (Fsp3) is 0.600. The molecule has 0 spiro atoms. The molecule has 0 unspecified atom stereocenters. The Bertz CT molecular complexity index is 633. The summed E-state index contributed by atoms with van der Waals surface area (Å²) >= 11 is 3.52. The summed E-state index contributed by atoms with van der Waals surface area (Å²) in [4.78, 5) is 20.8. The van der Waals surface area contributed by atoms with Gasteiger partial charge in [0.1, 0.15) is 0 Å². The summed E-state index contributed by atoms with van der Waals surface area (Å²) in [7, 11) is 1.83. The number of aliphatic imine (C=N–C) groups is 1. The van der Waals surface area contributed by atoms with Crippen molar-refractivity contribution < 1.29 is 4.79 Å². The summed E-state index contributed by atoms with van der Waals surface area (Å²) < 4.78 is 1.13. The monoisotopic (exact) mass is 565 g/mol. The third kappa shape index (κ3) is 9.09. The molecule has 2 rings (SSSR count). The summed E-state index contributed by atoms with van der Waals surface area (Å²) in [6.45, 7) is 8.89. The van der Waals surface area contributed by atoms with Gasteiger partial charge in [-0.25, -0.2) is 0 Å². The van der Waals surface area contributed by atoms with Crippen LogP contribution >= 0.6 is 39.9 Å². The van der Waals surface area contributed by atoms with Gasteiger partial charge in [0, 0.05) is 50.3 Å². The van der Waals surface area contributed by atoms with Gasteiger partial charge < -0.3 is 15.5 Å². The van der Waals surface area contributed by atoms with Gasteiger partial charge >= 0.3 is 0 Å². The van der Waals surface area contributed by atoms with E-state index in [1.54, 1.807) is 0 Å². The lowest BCUT2D eigenvalue weighted by molar-refractivity contribution is -0.123. The number of hydrogen-bond donors (Lipinski definition) is 2. The number of benzene rings is 1. The lowest BCUT2D eigenvalue weighted by atomic mass is 10.1. The second-order valence-corrected chi connectivity index (χ2v) is 8.11. The summed E-state index contributed by atoms with van der Waals surface area (Å²) in [5, 5.41) is 6.43. The molecule has 0 aliphatic carbocycles. The van der Waals surface area contributed by atoms with Crippen LogP contribution in [0, 0.1) is 0 Å². The quantitative estimate of drug-likeness (QED) is 0.231. The van der Waals surface area contributed by atoms with Crippen molar-refractivity contribution in [3.8, 4) is 0 Å². The molecule has 1 aromatic carbocycles. The van der Waals surface area contributed by atoms with Crippen LogP contribution in [0.4, 0.5) is 0 Å². The van der Waals surface area contributed by atoms with Gasteiger partial charge in [-0.15, -0.1) is 24.0 Å². The fourth-order valence-corrected chi connectivity index (χ4v) is 3.65. The van der Waals surface area contributed by atoms with Crippen LogP contribution in [0.5, 0.6) is 0 Å². The molecule has 6 nitrogen and oxygen atoms in total. The molecule has 28 heavy (non-hydrogen) atoms. The first-order valence-corrected chi connectivity index (χ1v) is 10.5. The lowest BCUT2D eigenvalue weighted by Crippen LogP contribution is -2.54. The molecule has 1 saturated heterocycles. The van der Waals surface area contributed by atoms with E-state index in [0.717, 1.165) is 56.0 Å². The molecule has 158 valence electrons. The second-order valence-electron chi connectivity index (χ2n) is 7.19. The highest BCUT2D eigenvalue weighted by Gasteiger charge is 2.21. The Morgan fingerprint density at radius 3 is 2.57 bits per heavy atom. The van der Waals surface area contributed by atoms with Crippen molar-refractivity contribution >= 4 is 51.8 Å². The first kappa shape index (κ1) is 25.2. The van der Waals surface area contributed by atoms with Crippen molar-refractivity contribution in [2.45, 2.75) is 32.7 Å². The third-order valence-electron chi connectivity index (χ3n) is 4.51. The van der Waals surface area contributed by atoms with Crippen molar-refractivity contribution in [3.63, 3.8) is 0 Å². The zero-order valence-electron chi connectivity index (χ0n) is 17.1. The number of hydrogen-bond acceptors (Lipinski definition) is 3. The average Bonchev–Trinajstić information content (AvgIpc) is 2.62. The molecular formula is C20H33BrIN5O. The number of aryl methyl sites for hydroxylation is 1. The van der Waals surface area contributed by atoms with Crippen molar-refractivity contribution in [2.75, 3.05) is 46.3 Å². The molecule has 0 saturated carbocycles. The van der Waals surface area contributed by atoms with Gasteiger partial charge in [-0.3, -0.25) is 14.7 Å². The molecule has 1 aliphatic rings. The van der Waals surface area contributed by atoms with Gasteiger partial charge in [0.25, 0.3) is 0 Å². The van der Waals surface area contributed by atoms with Crippen LogP contribution in [-0.4, -0.2) is 74.0 Å². The summed E-state index contributed by atoms with van der Waals surface area (Å²) in [5.41, 5.74) is 1.34. The van der Waals surface area contributed by atoms with Gasteiger partial charge in [0.2, 0.25) is 5.91 Å². The first-order valence-electron chi connectivity index (χ1n) is 9.69. The molecule has 0 bridgehead atoms. The van der Waals surface area contributed by atoms with Crippen molar-refractivity contribution in [1.82, 2.24) is 20.4 Å². The van der Waals surface area contributed by atoms with E-state index in [-0.39, 0.29) is 35.9 Å². The van der Waals surface area contributed by atoms with E-state index in [1.807, 2.05) is 20.9 Å². The minimum Gasteiger partial charge on any atom is -0.356 e. The van der Waals surface area contributed by atoms with Gasteiger partial charge in [0.05, 0.1) is 6.54 Å². The number of rotatable bonds is 7. The number of amides is 1. The molecule has 0 aromatic heterocycles. The topological polar surface area (TPSA) is 60.0 Å². The number of nitrogens with zero attached hydrogens (tertiary/aromatic N) is 3. The van der Waals surface area contributed by atoms with Crippen molar-refractivity contribution in [3.05, 3.63) is 34.3 Å². The molecule has 2 N–H and O–H groups in total. The molecule has 1 heterocycles. The Hall–Kier alpha value is -0.870. The summed E-state index contributed by atoms with van der Waals surface area (Å²) in [6.07, 6.45) is 2.10. The molecular weight excluding hydrogens is 533 g/mol. The maximum Gasteiger partial charge on any atom is 0.234 e. The molecule has 1 amide bonds. The average molecular weight is 566 g/mol. The zero-order chi connectivity index (χ0) is 19.6. The number of nitrogens with one attached hydrogen (secondary N) is 2. The van der Waals surface area contributed by atoms with Crippen LogP contribution in [0.2, 0.25) is 0 Å². The highest BCUT2D eigenvalue weighted by Crippen LogP contribution is 2.12. The van der Waals surface area contributed by atoms with E-state index in [9.17, 15) is 4.79 Å². The molecule has 0 radical (unpaired) electrons. The smallest absolute Gasteiger partial charge is 0.234 e. The van der Waals surface area contributed by atoms with Crippen LogP contribution in [-0.2, 0) is 11.2 Å². The van der Waals surface area contributed by atoms with E-state index in [2.05, 4.69) is 65.6 Å². The Morgan fingerprint density at radius 1 is 1.25 bits per heavy atom. The number of halogens is 2. The van der Waals surface area contributed by atoms with Gasteiger partial charge in [-0.05, 0) is 44.4 Å². The van der Waals surface area contributed by atoms with E-state index in [0.29, 0.717) is 6.54 Å². The fourth-order valence-electron chi connectivity index (χ4n) is 3.21. The normalized spacial score (nSPS) is 15.3. The number of guanidine groups is 1. The standard InChI is InChI=1S/C20H32BrN5O.HI/c1-16(2)24-19(27)15-25-10-12-26(13-11-25)20(22-3)23-9-5-7-17-6-4-8-18(21)14-17;/h4,6,8,14,16H,5,7,9-13,15H2,1-3H3,(H,22,23)(H,24,27);1H. The zero-order valence-corrected chi connectivity index (χ0v) is 21.0.